The lowest BCUT2D eigenvalue weighted by atomic mass is 10.2. The van der Waals surface area contributed by atoms with Crippen molar-refractivity contribution >= 4 is 10.0 Å². The van der Waals surface area contributed by atoms with Gasteiger partial charge in [0.15, 0.2) is 0 Å². The maximum absolute atomic E-state index is 12.4. The predicted molar refractivity (Wildman–Crippen MR) is 79.1 cm³/mol. The lowest BCUT2D eigenvalue weighted by Crippen LogP contribution is -2.24. The third-order valence-electron chi connectivity index (χ3n) is 3.29. The number of nitrogens with zero attached hydrogens (tertiary/aromatic N) is 2. The van der Waals surface area contributed by atoms with Gasteiger partial charge in [-0.1, -0.05) is 12.1 Å². The summed E-state index contributed by atoms with van der Waals surface area (Å²) in [5.41, 5.74) is 2.83. The first kappa shape index (κ1) is 15.7. The summed E-state index contributed by atoms with van der Waals surface area (Å²) in [5, 5.41) is 13.3. The van der Waals surface area contributed by atoms with Gasteiger partial charge in [-0.2, -0.15) is 5.10 Å². The van der Waals surface area contributed by atoms with Crippen molar-refractivity contribution in [2.75, 3.05) is 0 Å². The zero-order valence-electron chi connectivity index (χ0n) is 12.3. The molecule has 0 aliphatic carbocycles. The molecule has 114 valence electrons. The Balaban J connectivity index is 2.24. The Morgan fingerprint density at radius 1 is 1.33 bits per heavy atom. The van der Waals surface area contributed by atoms with E-state index in [0.29, 0.717) is 11.1 Å². The summed E-state index contributed by atoms with van der Waals surface area (Å²) in [5.74, 6) is 0. The second-order valence-electron chi connectivity index (χ2n) is 5.00. The molecular weight excluding hydrogens is 290 g/mol. The summed E-state index contributed by atoms with van der Waals surface area (Å²) in [6, 6.07) is 4.89. The van der Waals surface area contributed by atoms with Crippen LogP contribution in [0.25, 0.3) is 0 Å². The van der Waals surface area contributed by atoms with Gasteiger partial charge in [-0.25, -0.2) is 13.1 Å². The molecule has 2 aromatic rings. The first-order valence-corrected chi connectivity index (χ1v) is 8.01. The molecule has 1 aromatic carbocycles. The number of hydrogen-bond donors (Lipinski definition) is 2. The summed E-state index contributed by atoms with van der Waals surface area (Å²) < 4.78 is 29.0. The molecule has 1 aromatic heterocycles. The molecule has 7 heteroatoms. The molecule has 0 amide bonds. The normalized spacial score (nSPS) is 11.8. The fraction of sp³-hybridized carbons (Fsp3) is 0.357. The van der Waals surface area contributed by atoms with E-state index in [1.165, 1.54) is 6.07 Å². The van der Waals surface area contributed by atoms with Crippen LogP contribution >= 0.6 is 0 Å². The van der Waals surface area contributed by atoms with Gasteiger partial charge in [-0.05, 0) is 31.0 Å². The van der Waals surface area contributed by atoms with Crippen LogP contribution in [0.15, 0.2) is 29.3 Å². The first-order valence-electron chi connectivity index (χ1n) is 6.52. The SMILES string of the molecule is Cc1ccc(CO)cc1S(=O)(=O)NCc1cn(C)nc1C. The van der Waals surface area contributed by atoms with E-state index >= 15 is 0 Å². The Morgan fingerprint density at radius 2 is 2.05 bits per heavy atom. The van der Waals surface area contributed by atoms with Gasteiger partial charge in [0.2, 0.25) is 10.0 Å². The molecule has 0 spiro atoms. The van der Waals surface area contributed by atoms with Crippen molar-refractivity contribution < 1.29 is 13.5 Å². The minimum Gasteiger partial charge on any atom is -0.392 e. The van der Waals surface area contributed by atoms with Crippen LogP contribution in [0.2, 0.25) is 0 Å². The molecular formula is C14H19N3O3S. The number of rotatable bonds is 5. The number of aromatic nitrogens is 2. The summed E-state index contributed by atoms with van der Waals surface area (Å²) in [7, 11) is -1.84. The summed E-state index contributed by atoms with van der Waals surface area (Å²) in [6.45, 7) is 3.56. The summed E-state index contributed by atoms with van der Waals surface area (Å²) in [4.78, 5) is 0.190. The molecule has 1 heterocycles. The van der Waals surface area contributed by atoms with Gasteiger partial charge in [0, 0.05) is 25.4 Å². The minimum atomic E-state index is -3.63. The second kappa shape index (κ2) is 5.97. The van der Waals surface area contributed by atoms with E-state index in [2.05, 4.69) is 9.82 Å². The Morgan fingerprint density at radius 3 is 2.62 bits per heavy atom. The van der Waals surface area contributed by atoms with E-state index in [9.17, 15) is 8.42 Å². The number of benzene rings is 1. The van der Waals surface area contributed by atoms with Crippen LogP contribution in [0.3, 0.4) is 0 Å². The highest BCUT2D eigenvalue weighted by Crippen LogP contribution is 2.17. The predicted octanol–water partition coefficient (Wildman–Crippen LogP) is 1.01. The maximum Gasteiger partial charge on any atom is 0.241 e. The summed E-state index contributed by atoms with van der Waals surface area (Å²) in [6.07, 6.45) is 1.79. The molecule has 6 nitrogen and oxygen atoms in total. The van der Waals surface area contributed by atoms with Crippen molar-refractivity contribution in [1.82, 2.24) is 14.5 Å². The second-order valence-corrected chi connectivity index (χ2v) is 6.73. The van der Waals surface area contributed by atoms with Crippen LogP contribution in [0, 0.1) is 13.8 Å². The third kappa shape index (κ3) is 3.49. The average Bonchev–Trinajstić information content (AvgIpc) is 2.75. The zero-order chi connectivity index (χ0) is 15.6. The topological polar surface area (TPSA) is 84.2 Å². The van der Waals surface area contributed by atoms with Crippen LogP contribution in [0.4, 0.5) is 0 Å². The largest absolute Gasteiger partial charge is 0.392 e. The zero-order valence-corrected chi connectivity index (χ0v) is 13.1. The molecule has 0 fully saturated rings. The number of hydrogen-bond acceptors (Lipinski definition) is 4. The molecule has 2 rings (SSSR count). The quantitative estimate of drug-likeness (QED) is 0.863. The average molecular weight is 309 g/mol. The van der Waals surface area contributed by atoms with Gasteiger partial charge in [0.1, 0.15) is 0 Å². The lowest BCUT2D eigenvalue weighted by molar-refractivity contribution is 0.281. The summed E-state index contributed by atoms with van der Waals surface area (Å²) >= 11 is 0. The minimum absolute atomic E-state index is 0.185. The van der Waals surface area contributed by atoms with Crippen LogP contribution in [-0.4, -0.2) is 23.3 Å². The van der Waals surface area contributed by atoms with E-state index in [4.69, 9.17) is 5.11 Å². The molecule has 0 bridgehead atoms. The molecule has 21 heavy (non-hydrogen) atoms. The fourth-order valence-corrected chi connectivity index (χ4v) is 3.40. The van der Waals surface area contributed by atoms with Crippen molar-refractivity contribution in [1.29, 1.82) is 0 Å². The van der Waals surface area contributed by atoms with Gasteiger partial charge in [-0.3, -0.25) is 4.68 Å². The molecule has 0 unspecified atom stereocenters. The molecule has 0 radical (unpaired) electrons. The molecule has 0 saturated heterocycles. The first-order chi connectivity index (χ1) is 9.83. The number of aryl methyl sites for hydroxylation is 3. The maximum atomic E-state index is 12.4. The Bertz CT molecular complexity index is 751. The Hall–Kier alpha value is -1.70. The van der Waals surface area contributed by atoms with Crippen molar-refractivity contribution in [2.24, 2.45) is 7.05 Å². The monoisotopic (exact) mass is 309 g/mol. The Labute approximate surface area is 124 Å². The van der Waals surface area contributed by atoms with E-state index in [-0.39, 0.29) is 18.0 Å². The molecule has 0 saturated carbocycles. The smallest absolute Gasteiger partial charge is 0.241 e. The van der Waals surface area contributed by atoms with Gasteiger partial charge in [0.25, 0.3) is 0 Å². The standard InChI is InChI=1S/C14H19N3O3S/c1-10-4-5-12(9-18)6-14(10)21(19,20)15-7-13-8-17(3)16-11(13)2/h4-6,8,15,18H,7,9H2,1-3H3. The molecule has 0 aliphatic rings. The van der Waals surface area contributed by atoms with Gasteiger partial charge < -0.3 is 5.11 Å². The van der Waals surface area contributed by atoms with Crippen molar-refractivity contribution in [3.05, 3.63) is 46.8 Å². The molecule has 0 aliphatic heterocycles. The van der Waals surface area contributed by atoms with Crippen molar-refractivity contribution in [3.8, 4) is 0 Å². The van der Waals surface area contributed by atoms with Gasteiger partial charge >= 0.3 is 0 Å². The van der Waals surface area contributed by atoms with Crippen LogP contribution < -0.4 is 4.72 Å². The Kier molecular flexibility index (Phi) is 4.46. The number of nitrogens with one attached hydrogen (secondary N) is 1. The highest BCUT2D eigenvalue weighted by Gasteiger charge is 2.18. The van der Waals surface area contributed by atoms with Crippen LogP contribution in [-0.2, 0) is 30.2 Å². The number of sulfonamides is 1. The fourth-order valence-electron chi connectivity index (χ4n) is 2.11. The van der Waals surface area contributed by atoms with E-state index in [1.807, 2.05) is 6.92 Å². The van der Waals surface area contributed by atoms with Gasteiger partial charge in [-0.15, -0.1) is 0 Å². The van der Waals surface area contributed by atoms with E-state index < -0.39 is 10.0 Å². The number of aliphatic hydroxyl groups is 1. The van der Waals surface area contributed by atoms with Gasteiger partial charge in [0.05, 0.1) is 17.2 Å². The molecule has 0 atom stereocenters. The number of aliphatic hydroxyl groups excluding tert-OH is 1. The third-order valence-corrected chi connectivity index (χ3v) is 4.84. The van der Waals surface area contributed by atoms with Crippen molar-refractivity contribution in [2.45, 2.75) is 31.9 Å². The van der Waals surface area contributed by atoms with Crippen molar-refractivity contribution in [3.63, 3.8) is 0 Å². The van der Waals surface area contributed by atoms with E-state index in [0.717, 1.165) is 11.3 Å². The van der Waals surface area contributed by atoms with E-state index in [1.54, 1.807) is 37.0 Å². The molecule has 2 N–H and O–H groups in total. The lowest BCUT2D eigenvalue weighted by Gasteiger charge is -2.10. The highest BCUT2D eigenvalue weighted by atomic mass is 32.2. The highest BCUT2D eigenvalue weighted by molar-refractivity contribution is 7.89. The van der Waals surface area contributed by atoms with Crippen LogP contribution in [0.1, 0.15) is 22.4 Å². The van der Waals surface area contributed by atoms with Crippen LogP contribution in [0.5, 0.6) is 0 Å².